The summed E-state index contributed by atoms with van der Waals surface area (Å²) in [7, 11) is 0. The average molecular weight is 324 g/mol. The topological polar surface area (TPSA) is 84.0 Å². The Morgan fingerprint density at radius 2 is 1.96 bits per heavy atom. The highest BCUT2D eigenvalue weighted by Crippen LogP contribution is 2.23. The van der Waals surface area contributed by atoms with Gasteiger partial charge in [-0.1, -0.05) is 19.1 Å². The number of Topliss-reactive ketones (excluding diaryl/α,β-unsaturated/α-hetero) is 1. The van der Waals surface area contributed by atoms with E-state index in [4.69, 9.17) is 0 Å². The molecule has 2 rings (SSSR count). The SMILES string of the molecule is CCc1ccc(/C=C(\C#N)C(=O)c2ccc(F)cc2)cc1[N+](=O)[O-]. The fourth-order valence-corrected chi connectivity index (χ4v) is 2.21. The molecule has 0 aliphatic rings. The van der Waals surface area contributed by atoms with E-state index >= 15 is 0 Å². The van der Waals surface area contributed by atoms with Gasteiger partial charge in [-0.25, -0.2) is 4.39 Å². The maximum atomic E-state index is 12.9. The van der Waals surface area contributed by atoms with Crippen molar-refractivity contribution in [2.24, 2.45) is 0 Å². The van der Waals surface area contributed by atoms with E-state index in [2.05, 4.69) is 0 Å². The summed E-state index contributed by atoms with van der Waals surface area (Å²) >= 11 is 0. The molecule has 0 saturated heterocycles. The summed E-state index contributed by atoms with van der Waals surface area (Å²) in [5.41, 5.74) is 0.883. The maximum Gasteiger partial charge on any atom is 0.273 e. The number of rotatable bonds is 5. The molecule has 0 atom stereocenters. The van der Waals surface area contributed by atoms with E-state index in [1.54, 1.807) is 25.1 Å². The second-order valence-electron chi connectivity index (χ2n) is 5.00. The van der Waals surface area contributed by atoms with E-state index in [1.165, 1.54) is 24.3 Å². The summed E-state index contributed by atoms with van der Waals surface area (Å²) in [4.78, 5) is 22.9. The fraction of sp³-hybridized carbons (Fsp3) is 0.111. The second kappa shape index (κ2) is 7.29. The van der Waals surface area contributed by atoms with Crippen LogP contribution in [0.4, 0.5) is 10.1 Å². The van der Waals surface area contributed by atoms with Gasteiger partial charge in [-0.3, -0.25) is 14.9 Å². The zero-order valence-corrected chi connectivity index (χ0v) is 12.8. The van der Waals surface area contributed by atoms with Crippen LogP contribution in [0.5, 0.6) is 0 Å². The van der Waals surface area contributed by atoms with Crippen LogP contribution in [0.15, 0.2) is 48.0 Å². The summed E-state index contributed by atoms with van der Waals surface area (Å²) < 4.78 is 12.9. The highest BCUT2D eigenvalue weighted by molar-refractivity contribution is 6.14. The number of carbonyl (C=O) groups is 1. The van der Waals surface area contributed by atoms with Gasteiger partial charge in [-0.05, 0) is 42.3 Å². The van der Waals surface area contributed by atoms with Crippen molar-refractivity contribution < 1.29 is 14.1 Å². The van der Waals surface area contributed by atoms with Crippen molar-refractivity contribution in [3.63, 3.8) is 0 Å². The maximum absolute atomic E-state index is 12.9. The number of benzene rings is 2. The Balaban J connectivity index is 2.42. The molecule has 0 N–H and O–H groups in total. The predicted octanol–water partition coefficient (Wildman–Crippen LogP) is 4.09. The molecule has 120 valence electrons. The number of nitriles is 1. The van der Waals surface area contributed by atoms with Gasteiger partial charge in [0.25, 0.3) is 5.69 Å². The zero-order valence-electron chi connectivity index (χ0n) is 12.8. The Kier molecular flexibility index (Phi) is 5.17. The van der Waals surface area contributed by atoms with E-state index in [9.17, 15) is 24.6 Å². The smallest absolute Gasteiger partial charge is 0.273 e. The van der Waals surface area contributed by atoms with Gasteiger partial charge < -0.3 is 0 Å². The van der Waals surface area contributed by atoms with Gasteiger partial charge in [-0.15, -0.1) is 0 Å². The van der Waals surface area contributed by atoms with Crippen molar-refractivity contribution in [2.75, 3.05) is 0 Å². The van der Waals surface area contributed by atoms with Crippen LogP contribution < -0.4 is 0 Å². The minimum Gasteiger partial charge on any atom is -0.288 e. The lowest BCUT2D eigenvalue weighted by Crippen LogP contribution is -2.02. The van der Waals surface area contributed by atoms with Gasteiger partial charge in [0.2, 0.25) is 5.78 Å². The molecule has 0 fully saturated rings. The number of hydrogen-bond acceptors (Lipinski definition) is 4. The molecule has 0 spiro atoms. The van der Waals surface area contributed by atoms with Crippen LogP contribution in [0.25, 0.3) is 6.08 Å². The van der Waals surface area contributed by atoms with Crippen LogP contribution in [0.3, 0.4) is 0 Å². The van der Waals surface area contributed by atoms with Crippen LogP contribution >= 0.6 is 0 Å². The number of ketones is 1. The second-order valence-corrected chi connectivity index (χ2v) is 5.00. The molecule has 24 heavy (non-hydrogen) atoms. The van der Waals surface area contributed by atoms with Crippen LogP contribution in [0.2, 0.25) is 0 Å². The first-order valence-electron chi connectivity index (χ1n) is 7.15. The quantitative estimate of drug-likeness (QED) is 0.273. The summed E-state index contributed by atoms with van der Waals surface area (Å²) in [6.07, 6.45) is 1.79. The molecule has 2 aromatic carbocycles. The van der Waals surface area contributed by atoms with E-state index in [0.717, 1.165) is 12.1 Å². The lowest BCUT2D eigenvalue weighted by molar-refractivity contribution is -0.385. The first kappa shape index (κ1) is 17.0. The van der Waals surface area contributed by atoms with Gasteiger partial charge >= 0.3 is 0 Å². The van der Waals surface area contributed by atoms with E-state index < -0.39 is 16.5 Å². The molecule has 0 aliphatic carbocycles. The van der Waals surface area contributed by atoms with Crippen LogP contribution in [0, 0.1) is 27.3 Å². The third-order valence-corrected chi connectivity index (χ3v) is 3.47. The monoisotopic (exact) mass is 324 g/mol. The molecule has 0 aliphatic heterocycles. The summed E-state index contributed by atoms with van der Waals surface area (Å²) in [6.45, 7) is 1.80. The first-order chi connectivity index (χ1) is 11.5. The van der Waals surface area contributed by atoms with Crippen molar-refractivity contribution in [3.8, 4) is 6.07 Å². The Morgan fingerprint density at radius 3 is 2.50 bits per heavy atom. The molecular weight excluding hydrogens is 311 g/mol. The van der Waals surface area contributed by atoms with Crippen molar-refractivity contribution in [1.82, 2.24) is 0 Å². The molecule has 0 radical (unpaired) electrons. The minimum absolute atomic E-state index is 0.0576. The predicted molar refractivity (Wildman–Crippen MR) is 86.8 cm³/mol. The first-order valence-corrected chi connectivity index (χ1v) is 7.15. The van der Waals surface area contributed by atoms with Gasteiger partial charge in [0.1, 0.15) is 17.5 Å². The third kappa shape index (κ3) is 3.70. The van der Waals surface area contributed by atoms with Gasteiger partial charge in [0.05, 0.1) is 4.92 Å². The number of halogens is 1. The average Bonchev–Trinajstić information content (AvgIpc) is 2.59. The number of nitro benzene ring substituents is 1. The molecule has 6 heteroatoms. The number of carbonyl (C=O) groups excluding carboxylic acids is 1. The Hall–Kier alpha value is -3.33. The van der Waals surface area contributed by atoms with E-state index in [1.807, 2.05) is 0 Å². The van der Waals surface area contributed by atoms with Gasteiger partial charge in [-0.2, -0.15) is 5.26 Å². The molecular formula is C18H13FN2O3. The summed E-state index contributed by atoms with van der Waals surface area (Å²) in [6, 6.07) is 11.1. The highest BCUT2D eigenvalue weighted by atomic mass is 19.1. The molecule has 5 nitrogen and oxygen atoms in total. The molecule has 0 saturated carbocycles. The highest BCUT2D eigenvalue weighted by Gasteiger charge is 2.15. The zero-order chi connectivity index (χ0) is 17.7. The number of nitro groups is 1. The number of nitrogens with zero attached hydrogens (tertiary/aromatic N) is 2. The molecule has 0 amide bonds. The normalized spacial score (nSPS) is 11.0. The van der Waals surface area contributed by atoms with Gasteiger partial charge in [0, 0.05) is 17.2 Å². The third-order valence-electron chi connectivity index (χ3n) is 3.47. The molecule has 0 heterocycles. The fourth-order valence-electron chi connectivity index (χ4n) is 2.21. The minimum atomic E-state index is -0.570. The summed E-state index contributed by atoms with van der Waals surface area (Å²) in [5, 5.41) is 20.3. The lowest BCUT2D eigenvalue weighted by Gasteiger charge is -2.03. The van der Waals surface area contributed by atoms with Gasteiger partial charge in [0.15, 0.2) is 0 Å². The largest absolute Gasteiger partial charge is 0.288 e. The van der Waals surface area contributed by atoms with Crippen LogP contribution in [-0.4, -0.2) is 10.7 Å². The molecule has 0 bridgehead atoms. The number of aryl methyl sites for hydroxylation is 1. The number of hydrogen-bond donors (Lipinski definition) is 0. The van der Waals surface area contributed by atoms with Crippen LogP contribution in [0.1, 0.15) is 28.4 Å². The molecule has 0 unspecified atom stereocenters. The van der Waals surface area contributed by atoms with Crippen molar-refractivity contribution in [1.29, 1.82) is 5.26 Å². The Labute approximate surface area is 137 Å². The van der Waals surface area contributed by atoms with Crippen molar-refractivity contribution >= 4 is 17.5 Å². The lowest BCUT2D eigenvalue weighted by atomic mass is 10.0. The Morgan fingerprint density at radius 1 is 1.29 bits per heavy atom. The van der Waals surface area contributed by atoms with Crippen molar-refractivity contribution in [3.05, 3.63) is 80.7 Å². The standard InChI is InChI=1S/C18H13FN2O3/c1-2-13-4-3-12(10-17(13)21(23)24)9-15(11-20)18(22)14-5-7-16(19)8-6-14/h3-10H,2H2,1H3/b15-9+. The molecule has 0 aromatic heterocycles. The van der Waals surface area contributed by atoms with E-state index in [-0.39, 0.29) is 16.8 Å². The van der Waals surface area contributed by atoms with Crippen molar-refractivity contribution in [2.45, 2.75) is 13.3 Å². The molecule has 2 aromatic rings. The van der Waals surface area contributed by atoms with E-state index in [0.29, 0.717) is 17.5 Å². The Bertz CT molecular complexity index is 865. The number of allylic oxidation sites excluding steroid dienone is 1. The van der Waals surface area contributed by atoms with Crippen LogP contribution in [-0.2, 0) is 6.42 Å². The summed E-state index contributed by atoms with van der Waals surface area (Å²) in [5.74, 6) is -1.06.